The molecule has 2 aliphatic rings. The molecular weight excluding hydrogens is 662 g/mol. The summed E-state index contributed by atoms with van der Waals surface area (Å²) in [6.45, 7) is 0. The van der Waals surface area contributed by atoms with E-state index in [2.05, 4.69) is 121 Å². The van der Waals surface area contributed by atoms with Crippen LogP contribution in [0.4, 0.5) is 0 Å². The summed E-state index contributed by atoms with van der Waals surface area (Å²) in [4.78, 5) is 5.36. The van der Waals surface area contributed by atoms with Gasteiger partial charge in [-0.05, 0) is 68.1 Å². The van der Waals surface area contributed by atoms with Crippen LogP contribution in [0.15, 0.2) is 194 Å². The third-order valence-corrected chi connectivity index (χ3v) is 14.6. The van der Waals surface area contributed by atoms with E-state index in [9.17, 15) is 0 Å². The van der Waals surface area contributed by atoms with Crippen molar-refractivity contribution in [1.29, 1.82) is 0 Å². The van der Waals surface area contributed by atoms with Crippen molar-refractivity contribution >= 4 is 44.7 Å². The molecule has 1 spiro atoms. The molecule has 0 radical (unpaired) electrons. The second kappa shape index (κ2) is 11.3. The van der Waals surface area contributed by atoms with Crippen LogP contribution in [-0.2, 0) is 9.98 Å². The fraction of sp³-hybridized carbons (Fsp3) is 0.0200. The Hall–Kier alpha value is -6.34. The summed E-state index contributed by atoms with van der Waals surface area (Å²) in [6, 6.07) is 68.2. The Balaban J connectivity index is 1.17. The first-order valence-corrected chi connectivity index (χ1v) is 19.9. The van der Waals surface area contributed by atoms with Gasteiger partial charge >= 0.3 is 0 Å². The van der Waals surface area contributed by atoms with E-state index in [1.807, 2.05) is 72.8 Å². The molecule has 0 N–H and O–H groups in total. The van der Waals surface area contributed by atoms with E-state index in [1.54, 1.807) is 0 Å². The third-order valence-electron chi connectivity index (χ3n) is 11.6. The highest BCUT2D eigenvalue weighted by molar-refractivity contribution is 7.85. The lowest BCUT2D eigenvalue weighted by molar-refractivity contribution is 0.592. The molecule has 1 aromatic heterocycles. The van der Waals surface area contributed by atoms with Crippen molar-refractivity contribution in [3.8, 4) is 33.5 Å². The Labute approximate surface area is 308 Å². The number of pyridine rings is 1. The zero-order valence-electron chi connectivity index (χ0n) is 28.8. The van der Waals surface area contributed by atoms with Crippen LogP contribution < -0.4 is 15.9 Å². The zero-order valence-corrected chi connectivity index (χ0v) is 29.7. The molecule has 0 atom stereocenters. The van der Waals surface area contributed by atoms with Gasteiger partial charge in [0.15, 0.2) is 7.14 Å². The number of fused-ring (bicyclic) bond motifs is 13. The maximum atomic E-state index is 15.2. The highest BCUT2D eigenvalue weighted by Gasteiger charge is 2.51. The van der Waals surface area contributed by atoms with Gasteiger partial charge in [-0.1, -0.05) is 176 Å². The van der Waals surface area contributed by atoms with E-state index < -0.39 is 12.6 Å². The lowest BCUT2D eigenvalue weighted by Crippen LogP contribution is -2.25. The van der Waals surface area contributed by atoms with Crippen molar-refractivity contribution in [3.63, 3.8) is 0 Å². The van der Waals surface area contributed by atoms with Crippen LogP contribution in [0.25, 0.3) is 55.2 Å². The topological polar surface area (TPSA) is 30.0 Å². The predicted octanol–water partition coefficient (Wildman–Crippen LogP) is 11.0. The standard InChI is InChI=1S/C50H32NOP/c52-53(34-15-3-1-4-16-34,35-17-5-2-6-18-35)36-29-27-33(28-30-36)49-43-31-42-39-21-9-13-25-46(39)50(47(42)32-41(43)40-22-10-14-26-48(40)51-49)44-23-11-7-19-37(44)38-20-8-12-24-45(38)50/h1-32H. The molecule has 0 fully saturated rings. The molecular formula is C50H32NOP. The van der Waals surface area contributed by atoms with Crippen molar-refractivity contribution in [2.45, 2.75) is 5.41 Å². The van der Waals surface area contributed by atoms with Gasteiger partial charge < -0.3 is 4.57 Å². The quantitative estimate of drug-likeness (QED) is 0.136. The summed E-state index contributed by atoms with van der Waals surface area (Å²) in [5.41, 5.74) is 12.9. The molecule has 2 aliphatic carbocycles. The molecule has 1 heterocycles. The second-order valence-electron chi connectivity index (χ2n) is 14.1. The van der Waals surface area contributed by atoms with Gasteiger partial charge in [-0.3, -0.25) is 0 Å². The molecule has 248 valence electrons. The van der Waals surface area contributed by atoms with Gasteiger partial charge in [0.25, 0.3) is 0 Å². The summed E-state index contributed by atoms with van der Waals surface area (Å²) in [7, 11) is -3.11. The Morgan fingerprint density at radius 2 is 0.849 bits per heavy atom. The van der Waals surface area contributed by atoms with Gasteiger partial charge in [0.2, 0.25) is 0 Å². The molecule has 9 aromatic rings. The minimum absolute atomic E-state index is 0.421. The number of benzene rings is 8. The fourth-order valence-corrected chi connectivity index (χ4v) is 12.0. The summed E-state index contributed by atoms with van der Waals surface area (Å²) < 4.78 is 15.2. The molecule has 0 bridgehead atoms. The number of nitrogens with zero attached hydrogens (tertiary/aromatic N) is 1. The van der Waals surface area contributed by atoms with Crippen molar-refractivity contribution in [1.82, 2.24) is 4.98 Å². The SMILES string of the molecule is O=P(c1ccccc1)(c1ccccc1)c1ccc(-c2nc3ccccc3c3cc4c(cc23)-c2ccccc2C42c3ccccc3-c3ccccc32)cc1. The molecule has 3 heteroatoms. The monoisotopic (exact) mass is 693 g/mol. The number of hydrogen-bond acceptors (Lipinski definition) is 2. The van der Waals surface area contributed by atoms with Crippen LogP contribution in [0.5, 0.6) is 0 Å². The largest absolute Gasteiger partial charge is 0.309 e. The summed E-state index contributed by atoms with van der Waals surface area (Å²) in [6.07, 6.45) is 0. The van der Waals surface area contributed by atoms with Crippen LogP contribution >= 0.6 is 7.14 Å². The average molecular weight is 694 g/mol. The molecule has 0 amide bonds. The second-order valence-corrected chi connectivity index (χ2v) is 16.9. The first-order valence-electron chi connectivity index (χ1n) is 18.2. The number of aromatic nitrogens is 1. The first-order chi connectivity index (χ1) is 26.2. The van der Waals surface area contributed by atoms with Gasteiger partial charge in [-0.15, -0.1) is 0 Å². The Kier molecular flexibility index (Phi) is 6.48. The lowest BCUT2D eigenvalue weighted by atomic mass is 9.70. The van der Waals surface area contributed by atoms with Crippen LogP contribution in [0.3, 0.4) is 0 Å². The van der Waals surface area contributed by atoms with Gasteiger partial charge in [0.05, 0.1) is 16.6 Å². The predicted molar refractivity (Wildman–Crippen MR) is 220 cm³/mol. The smallest absolute Gasteiger partial charge is 0.171 e. The minimum Gasteiger partial charge on any atom is -0.309 e. The number of hydrogen-bond donors (Lipinski definition) is 0. The molecule has 0 saturated carbocycles. The van der Waals surface area contributed by atoms with Crippen LogP contribution in [0.2, 0.25) is 0 Å². The van der Waals surface area contributed by atoms with E-state index in [1.165, 1.54) is 49.9 Å². The Morgan fingerprint density at radius 1 is 0.377 bits per heavy atom. The normalized spacial score (nSPS) is 13.5. The molecule has 53 heavy (non-hydrogen) atoms. The Morgan fingerprint density at radius 3 is 1.43 bits per heavy atom. The third kappa shape index (κ3) is 4.10. The molecule has 8 aromatic carbocycles. The Bertz CT molecular complexity index is 2880. The van der Waals surface area contributed by atoms with Crippen LogP contribution in [0, 0.1) is 0 Å². The van der Waals surface area contributed by atoms with Crippen molar-refractivity contribution < 1.29 is 4.57 Å². The summed E-state index contributed by atoms with van der Waals surface area (Å²) in [5, 5.41) is 5.88. The first kappa shape index (κ1) is 30.3. The van der Waals surface area contributed by atoms with Crippen LogP contribution in [0.1, 0.15) is 22.3 Å². The van der Waals surface area contributed by atoms with E-state index in [4.69, 9.17) is 4.98 Å². The molecule has 11 rings (SSSR count). The van der Waals surface area contributed by atoms with E-state index in [0.29, 0.717) is 0 Å². The van der Waals surface area contributed by atoms with Gasteiger partial charge in [-0.25, -0.2) is 4.98 Å². The van der Waals surface area contributed by atoms with Gasteiger partial charge in [0.1, 0.15) is 0 Å². The van der Waals surface area contributed by atoms with Gasteiger partial charge in [-0.2, -0.15) is 0 Å². The molecule has 0 aliphatic heterocycles. The zero-order chi connectivity index (χ0) is 35.1. The van der Waals surface area contributed by atoms with Crippen molar-refractivity contribution in [2.75, 3.05) is 0 Å². The molecule has 0 saturated heterocycles. The maximum absolute atomic E-state index is 15.2. The van der Waals surface area contributed by atoms with Crippen molar-refractivity contribution in [3.05, 3.63) is 216 Å². The fourth-order valence-electron chi connectivity index (χ4n) is 9.31. The number of para-hydroxylation sites is 1. The van der Waals surface area contributed by atoms with E-state index in [-0.39, 0.29) is 0 Å². The summed E-state index contributed by atoms with van der Waals surface area (Å²) >= 11 is 0. The van der Waals surface area contributed by atoms with Crippen molar-refractivity contribution in [2.24, 2.45) is 0 Å². The minimum atomic E-state index is -3.11. The van der Waals surface area contributed by atoms with Crippen LogP contribution in [-0.4, -0.2) is 4.98 Å². The van der Waals surface area contributed by atoms with E-state index in [0.717, 1.165) is 43.5 Å². The number of rotatable bonds is 4. The van der Waals surface area contributed by atoms with Gasteiger partial charge in [0, 0.05) is 32.2 Å². The average Bonchev–Trinajstić information content (AvgIpc) is 3.70. The van der Waals surface area contributed by atoms with E-state index >= 15 is 4.57 Å². The lowest BCUT2D eigenvalue weighted by Gasteiger charge is -2.30. The summed E-state index contributed by atoms with van der Waals surface area (Å²) in [5.74, 6) is 0. The molecule has 0 unspecified atom stereocenters. The molecule has 2 nitrogen and oxygen atoms in total. The highest BCUT2D eigenvalue weighted by Crippen LogP contribution is 2.63. The highest BCUT2D eigenvalue weighted by atomic mass is 31.2. The maximum Gasteiger partial charge on any atom is 0.171 e.